The first-order chi connectivity index (χ1) is 20.9. The normalized spacial score (nSPS) is 19.9. The Morgan fingerprint density at radius 2 is 1.79 bits per heavy atom. The minimum atomic E-state index is -0.0704. The molecule has 0 spiro atoms. The molecule has 1 saturated heterocycles. The molecule has 43 heavy (non-hydrogen) atoms. The zero-order valence-electron chi connectivity index (χ0n) is 25.4. The number of nitrogens with zero attached hydrogens (tertiary/aromatic N) is 4. The molecule has 2 N–H and O–H groups in total. The average Bonchev–Trinajstić information content (AvgIpc) is 3.62. The summed E-state index contributed by atoms with van der Waals surface area (Å²) in [5, 5.41) is 6.64. The van der Waals surface area contributed by atoms with E-state index in [9.17, 15) is 9.59 Å². The first kappa shape index (κ1) is 29.1. The number of carbonyl (C=O) groups is 2. The molecule has 0 atom stereocenters. The Morgan fingerprint density at radius 1 is 1.00 bits per heavy atom. The van der Waals surface area contributed by atoms with Crippen LogP contribution in [0.4, 0.5) is 0 Å². The summed E-state index contributed by atoms with van der Waals surface area (Å²) in [6.07, 6.45) is 13.6. The van der Waals surface area contributed by atoms with E-state index in [0.29, 0.717) is 37.5 Å². The largest absolute Gasteiger partial charge is 0.381 e. The third kappa shape index (κ3) is 6.24. The summed E-state index contributed by atoms with van der Waals surface area (Å²) in [5.74, 6) is -0.0525. The van der Waals surface area contributed by atoms with Gasteiger partial charge in [0.25, 0.3) is 5.91 Å². The molecular weight excluding hydrogens is 540 g/mol. The van der Waals surface area contributed by atoms with Gasteiger partial charge in [-0.05, 0) is 86.9 Å². The monoisotopic (exact) mass is 582 g/mol. The average molecular weight is 583 g/mol. The highest BCUT2D eigenvalue weighted by Crippen LogP contribution is 2.32. The summed E-state index contributed by atoms with van der Waals surface area (Å²) in [6, 6.07) is 12.9. The highest BCUT2D eigenvalue weighted by atomic mass is 16.5. The van der Waals surface area contributed by atoms with Crippen LogP contribution in [0.15, 0.2) is 61.1 Å². The number of methoxy groups -OCH3 is 1. The van der Waals surface area contributed by atoms with Crippen molar-refractivity contribution >= 4 is 28.4 Å². The summed E-state index contributed by atoms with van der Waals surface area (Å²) in [4.78, 5) is 32.6. The lowest BCUT2D eigenvalue weighted by Gasteiger charge is -2.32. The zero-order valence-corrected chi connectivity index (χ0v) is 25.4. The van der Waals surface area contributed by atoms with Crippen molar-refractivity contribution in [2.24, 2.45) is 7.05 Å². The fourth-order valence-corrected chi connectivity index (χ4v) is 6.65. The number of amides is 2. The van der Waals surface area contributed by atoms with Crippen LogP contribution in [0.5, 0.6) is 0 Å². The molecule has 1 saturated carbocycles. The number of benzene rings is 1. The Bertz CT molecular complexity index is 1640. The number of ether oxygens (including phenoxy) is 1. The van der Waals surface area contributed by atoms with Gasteiger partial charge in [0.2, 0.25) is 5.91 Å². The zero-order chi connectivity index (χ0) is 29.9. The molecule has 4 aromatic rings. The molecule has 4 heterocycles. The van der Waals surface area contributed by atoms with Crippen molar-refractivity contribution in [2.75, 3.05) is 26.7 Å². The summed E-state index contributed by atoms with van der Waals surface area (Å²) in [6.45, 7) is 4.03. The van der Waals surface area contributed by atoms with Gasteiger partial charge in [-0.3, -0.25) is 9.59 Å². The number of pyridine rings is 1. The second-order valence-electron chi connectivity index (χ2n) is 12.0. The lowest BCUT2D eigenvalue weighted by molar-refractivity contribution is -0.117. The van der Waals surface area contributed by atoms with Gasteiger partial charge < -0.3 is 29.2 Å². The number of aromatic nitrogens is 3. The van der Waals surface area contributed by atoms with Crippen molar-refractivity contribution in [1.29, 1.82) is 0 Å². The third-order valence-electron chi connectivity index (χ3n) is 9.20. The standard InChI is InChI=1S/C34H42N6O3/c1-23-20-32-29(36-22-38(32)2)21-28(23)27-6-5-17-40-30(27)12-13-31(40)34(42)39-18-14-25(15-19-39)37-33(41)7-4-16-35-24-8-10-26(43-3)11-9-24/h4-7,12-13,17,20-22,24-26,35H,8-11,14-16,18-19H2,1-3H3,(H,37,41)/b7-4+. The van der Waals surface area contributed by atoms with Crippen LogP contribution in [-0.2, 0) is 16.6 Å². The molecule has 3 aromatic heterocycles. The number of carbonyl (C=O) groups excluding carboxylic acids is 2. The number of hydrogen-bond acceptors (Lipinski definition) is 5. The van der Waals surface area contributed by atoms with E-state index in [1.54, 1.807) is 13.2 Å². The maximum Gasteiger partial charge on any atom is 0.270 e. The predicted octanol–water partition coefficient (Wildman–Crippen LogP) is 4.63. The van der Waals surface area contributed by atoms with Crippen molar-refractivity contribution in [2.45, 2.75) is 63.6 Å². The van der Waals surface area contributed by atoms with E-state index in [2.05, 4.69) is 40.7 Å². The van der Waals surface area contributed by atoms with Gasteiger partial charge >= 0.3 is 0 Å². The second kappa shape index (κ2) is 12.7. The summed E-state index contributed by atoms with van der Waals surface area (Å²) >= 11 is 0. The molecule has 2 fully saturated rings. The molecule has 1 aliphatic carbocycles. The topological polar surface area (TPSA) is 92.9 Å². The molecule has 0 unspecified atom stereocenters. The Labute approximate surface area is 252 Å². The second-order valence-corrected chi connectivity index (χ2v) is 12.0. The molecule has 0 bridgehead atoms. The third-order valence-corrected chi connectivity index (χ3v) is 9.20. The molecule has 2 amide bonds. The quantitative estimate of drug-likeness (QED) is 0.296. The number of nitrogens with one attached hydrogen (secondary N) is 2. The molecule has 226 valence electrons. The maximum absolute atomic E-state index is 13.6. The highest BCUT2D eigenvalue weighted by molar-refractivity contribution is 5.97. The van der Waals surface area contributed by atoms with Crippen LogP contribution in [-0.4, -0.2) is 75.6 Å². The first-order valence-corrected chi connectivity index (χ1v) is 15.5. The molecule has 1 aromatic carbocycles. The van der Waals surface area contributed by atoms with E-state index >= 15 is 0 Å². The number of likely N-dealkylation sites (tertiary alicyclic amines) is 1. The Kier molecular flexibility index (Phi) is 8.63. The lowest BCUT2D eigenvalue weighted by Crippen LogP contribution is -2.46. The predicted molar refractivity (Wildman–Crippen MR) is 169 cm³/mol. The summed E-state index contributed by atoms with van der Waals surface area (Å²) in [7, 11) is 3.79. The van der Waals surface area contributed by atoms with E-state index in [4.69, 9.17) is 4.74 Å². The van der Waals surface area contributed by atoms with E-state index in [1.165, 1.54) is 5.56 Å². The summed E-state index contributed by atoms with van der Waals surface area (Å²) in [5.41, 5.74) is 7.06. The number of fused-ring (bicyclic) bond motifs is 2. The molecule has 1 aliphatic heterocycles. The van der Waals surface area contributed by atoms with Crippen molar-refractivity contribution in [3.05, 3.63) is 72.3 Å². The van der Waals surface area contributed by atoms with Crippen molar-refractivity contribution in [3.63, 3.8) is 0 Å². The number of piperidine rings is 1. The molecule has 9 nitrogen and oxygen atoms in total. The number of rotatable bonds is 8. The molecule has 6 rings (SSSR count). The fraction of sp³-hybridized carbons (Fsp3) is 0.441. The van der Waals surface area contributed by atoms with Gasteiger partial charge in [0, 0.05) is 63.7 Å². The number of imidazole rings is 1. The molecule has 9 heteroatoms. The van der Waals surface area contributed by atoms with Crippen molar-refractivity contribution in [3.8, 4) is 11.1 Å². The van der Waals surface area contributed by atoms with Gasteiger partial charge in [0.15, 0.2) is 0 Å². The van der Waals surface area contributed by atoms with E-state index < -0.39 is 0 Å². The molecule has 0 radical (unpaired) electrons. The summed E-state index contributed by atoms with van der Waals surface area (Å²) < 4.78 is 9.46. The minimum Gasteiger partial charge on any atom is -0.381 e. The SMILES string of the molecule is COC1CCC(NC/C=C/C(=O)NC2CCN(C(=O)c3ccc4c(-c5cc6ncn(C)c6cc5C)cccn34)CC2)CC1. The first-order valence-electron chi connectivity index (χ1n) is 15.5. The number of hydrogen-bond donors (Lipinski definition) is 2. The Morgan fingerprint density at radius 3 is 2.56 bits per heavy atom. The van der Waals surface area contributed by atoms with Crippen LogP contribution in [0.2, 0.25) is 0 Å². The minimum absolute atomic E-state index is 0.0179. The van der Waals surface area contributed by atoms with Gasteiger partial charge in [-0.25, -0.2) is 4.98 Å². The molecule has 2 aliphatic rings. The van der Waals surface area contributed by atoms with Crippen LogP contribution in [0, 0.1) is 6.92 Å². The fourth-order valence-electron chi connectivity index (χ4n) is 6.65. The van der Waals surface area contributed by atoms with Crippen LogP contribution in [0.3, 0.4) is 0 Å². The van der Waals surface area contributed by atoms with Gasteiger partial charge in [-0.1, -0.05) is 12.1 Å². The van der Waals surface area contributed by atoms with Gasteiger partial charge in [0.1, 0.15) is 5.69 Å². The smallest absolute Gasteiger partial charge is 0.270 e. The highest BCUT2D eigenvalue weighted by Gasteiger charge is 2.26. The lowest BCUT2D eigenvalue weighted by atomic mass is 9.93. The Balaban J connectivity index is 1.03. The van der Waals surface area contributed by atoms with E-state index in [-0.39, 0.29) is 17.9 Å². The van der Waals surface area contributed by atoms with Gasteiger partial charge in [-0.15, -0.1) is 0 Å². The van der Waals surface area contributed by atoms with Crippen molar-refractivity contribution < 1.29 is 14.3 Å². The van der Waals surface area contributed by atoms with E-state index in [1.807, 2.05) is 57.7 Å². The van der Waals surface area contributed by atoms with Crippen LogP contribution < -0.4 is 10.6 Å². The number of aryl methyl sites for hydroxylation is 2. The Hall–Kier alpha value is -3.95. The van der Waals surface area contributed by atoms with E-state index in [0.717, 1.165) is 66.2 Å². The van der Waals surface area contributed by atoms with Crippen LogP contribution in [0.25, 0.3) is 27.7 Å². The van der Waals surface area contributed by atoms with Gasteiger partial charge in [-0.2, -0.15) is 0 Å². The maximum atomic E-state index is 13.6. The van der Waals surface area contributed by atoms with Crippen LogP contribution in [0.1, 0.15) is 54.6 Å². The molecular formula is C34H42N6O3. The van der Waals surface area contributed by atoms with Gasteiger partial charge in [0.05, 0.1) is 29.0 Å². The van der Waals surface area contributed by atoms with Crippen molar-refractivity contribution in [1.82, 2.24) is 29.5 Å². The van der Waals surface area contributed by atoms with Crippen LogP contribution >= 0.6 is 0 Å².